The van der Waals surface area contributed by atoms with Crippen LogP contribution >= 0.6 is 11.6 Å². The maximum absolute atomic E-state index is 13.6. The highest BCUT2D eigenvalue weighted by atomic mass is 35.5. The Balaban J connectivity index is 1.68. The van der Waals surface area contributed by atoms with Gasteiger partial charge in [-0.1, -0.05) is 25.4 Å². The van der Waals surface area contributed by atoms with E-state index in [0.29, 0.717) is 44.4 Å². The third-order valence-electron chi connectivity index (χ3n) is 5.77. The van der Waals surface area contributed by atoms with Gasteiger partial charge in [0, 0.05) is 28.8 Å². The smallest absolute Gasteiger partial charge is 0.344 e. The van der Waals surface area contributed by atoms with Crippen LogP contribution in [0, 0.1) is 5.82 Å². The zero-order valence-corrected chi connectivity index (χ0v) is 22.2. The van der Waals surface area contributed by atoms with Crippen LogP contribution in [0.25, 0.3) is 17.0 Å². The van der Waals surface area contributed by atoms with Crippen molar-refractivity contribution >= 4 is 39.3 Å². The summed E-state index contributed by atoms with van der Waals surface area (Å²) in [5.41, 5.74) is 3.26. The molecule has 37 heavy (non-hydrogen) atoms. The summed E-state index contributed by atoms with van der Waals surface area (Å²) in [6.07, 6.45) is 2.70. The summed E-state index contributed by atoms with van der Waals surface area (Å²) >= 11 is 6.07. The van der Waals surface area contributed by atoms with E-state index in [0.717, 1.165) is 10.6 Å². The summed E-state index contributed by atoms with van der Waals surface area (Å²) < 4.78 is 50.3. The van der Waals surface area contributed by atoms with Crippen LogP contribution in [0.3, 0.4) is 0 Å². The molecule has 2 aromatic carbocycles. The van der Waals surface area contributed by atoms with Crippen molar-refractivity contribution in [2.24, 2.45) is 0 Å². The number of hydrogen-bond acceptors (Lipinski definition) is 7. The number of rotatable bonds is 8. The topological polar surface area (TPSA) is 98.7 Å². The quantitative estimate of drug-likeness (QED) is 0.284. The van der Waals surface area contributed by atoms with Gasteiger partial charge in [0.25, 0.3) is 0 Å². The molecule has 11 heteroatoms. The van der Waals surface area contributed by atoms with Gasteiger partial charge in [0.15, 0.2) is 0 Å². The third kappa shape index (κ3) is 5.82. The molecule has 1 aliphatic heterocycles. The van der Waals surface area contributed by atoms with E-state index >= 15 is 0 Å². The number of fused-ring (bicyclic) bond motifs is 1. The first kappa shape index (κ1) is 26.7. The van der Waals surface area contributed by atoms with Crippen molar-refractivity contribution in [1.82, 2.24) is 9.97 Å². The number of carbonyl (C=O) groups is 1. The van der Waals surface area contributed by atoms with Crippen molar-refractivity contribution in [1.29, 1.82) is 0 Å². The molecule has 0 saturated carbocycles. The number of hydrogen-bond donors (Lipinski definition) is 0. The van der Waals surface area contributed by atoms with Gasteiger partial charge in [0.2, 0.25) is 16.0 Å². The summed E-state index contributed by atoms with van der Waals surface area (Å²) in [6, 6.07) is 10.6. The summed E-state index contributed by atoms with van der Waals surface area (Å²) in [6.45, 7) is 4.01. The van der Waals surface area contributed by atoms with Crippen LogP contribution in [0.2, 0.25) is 5.02 Å². The fraction of sp³-hybridized carbons (Fsp3) is 0.269. The highest BCUT2D eigenvalue weighted by Crippen LogP contribution is 2.33. The molecule has 1 aromatic heterocycles. The van der Waals surface area contributed by atoms with E-state index in [-0.39, 0.29) is 25.1 Å². The maximum atomic E-state index is 13.6. The molecule has 3 aromatic rings. The van der Waals surface area contributed by atoms with Crippen molar-refractivity contribution in [2.75, 3.05) is 24.2 Å². The second-order valence-corrected chi connectivity index (χ2v) is 11.2. The largest absolute Gasteiger partial charge is 0.423 e. The van der Waals surface area contributed by atoms with E-state index in [4.69, 9.17) is 21.1 Å². The average molecular weight is 546 g/mol. The molecule has 0 amide bonds. The molecule has 2 heterocycles. The second-order valence-electron chi connectivity index (χ2n) is 8.79. The van der Waals surface area contributed by atoms with E-state index in [2.05, 4.69) is 9.97 Å². The Bertz CT molecular complexity index is 1490. The van der Waals surface area contributed by atoms with E-state index in [1.54, 1.807) is 36.4 Å². The van der Waals surface area contributed by atoms with Crippen LogP contribution in [0.1, 0.15) is 46.9 Å². The van der Waals surface area contributed by atoms with Crippen molar-refractivity contribution in [3.8, 4) is 11.3 Å². The van der Waals surface area contributed by atoms with Gasteiger partial charge in [-0.3, -0.25) is 0 Å². The molecule has 0 spiro atoms. The van der Waals surface area contributed by atoms with Crippen LogP contribution in [-0.2, 0) is 26.1 Å². The lowest BCUT2D eigenvalue weighted by molar-refractivity contribution is 0.0713. The Kier molecular flexibility index (Phi) is 7.63. The van der Waals surface area contributed by atoms with Crippen LogP contribution in [-0.4, -0.2) is 44.3 Å². The Morgan fingerprint density at radius 2 is 1.84 bits per heavy atom. The van der Waals surface area contributed by atoms with Gasteiger partial charge in [0.05, 0.1) is 36.4 Å². The van der Waals surface area contributed by atoms with Gasteiger partial charge < -0.3 is 9.47 Å². The molecule has 0 saturated heterocycles. The number of cyclic esters (lactones) is 1. The second kappa shape index (κ2) is 10.6. The van der Waals surface area contributed by atoms with Gasteiger partial charge >= 0.3 is 5.97 Å². The molecular formula is C26H25ClFN3O5S. The number of carbonyl (C=O) groups excluding carboxylic acids is 1. The fourth-order valence-corrected chi connectivity index (χ4v) is 4.35. The van der Waals surface area contributed by atoms with Crippen LogP contribution < -0.4 is 4.31 Å². The third-order valence-corrected chi connectivity index (χ3v) is 7.17. The summed E-state index contributed by atoms with van der Waals surface area (Å²) in [5, 5.41) is 0.477. The fourth-order valence-electron chi connectivity index (χ4n) is 3.80. The monoisotopic (exact) mass is 545 g/mol. The SMILES string of the molecule is CC(C)c1nc(N(C)S(C)(=O)=O)nc(-c2ccc(F)cc2)c1COC/C=C1\OC(=O)c2ccc(Cl)cc21. The van der Waals surface area contributed by atoms with Gasteiger partial charge in [-0.2, -0.15) is 0 Å². The predicted molar refractivity (Wildman–Crippen MR) is 139 cm³/mol. The van der Waals surface area contributed by atoms with Crippen LogP contribution in [0.5, 0.6) is 0 Å². The number of sulfonamides is 1. The average Bonchev–Trinajstić information content (AvgIpc) is 3.15. The lowest BCUT2D eigenvalue weighted by Crippen LogP contribution is -2.28. The summed E-state index contributed by atoms with van der Waals surface area (Å²) in [4.78, 5) is 21.2. The molecule has 8 nitrogen and oxygen atoms in total. The first-order valence-electron chi connectivity index (χ1n) is 11.4. The Labute approximate surface area is 219 Å². The lowest BCUT2D eigenvalue weighted by Gasteiger charge is -2.21. The normalized spacial score (nSPS) is 14.2. The van der Waals surface area contributed by atoms with E-state index in [9.17, 15) is 17.6 Å². The predicted octanol–water partition coefficient (Wildman–Crippen LogP) is 5.18. The van der Waals surface area contributed by atoms with Crippen LogP contribution in [0.4, 0.5) is 10.3 Å². The van der Waals surface area contributed by atoms with Crippen molar-refractivity contribution in [3.63, 3.8) is 0 Å². The Morgan fingerprint density at radius 1 is 1.14 bits per heavy atom. The molecule has 0 aliphatic carbocycles. The van der Waals surface area contributed by atoms with Gasteiger partial charge in [-0.15, -0.1) is 0 Å². The van der Waals surface area contributed by atoms with Crippen LogP contribution in [0.15, 0.2) is 48.5 Å². The van der Waals surface area contributed by atoms with E-state index < -0.39 is 21.8 Å². The first-order chi connectivity index (χ1) is 17.5. The van der Waals surface area contributed by atoms with Gasteiger partial charge in [-0.25, -0.2) is 31.9 Å². The minimum atomic E-state index is -3.62. The zero-order chi connectivity index (χ0) is 26.9. The first-order valence-corrected chi connectivity index (χ1v) is 13.6. The van der Waals surface area contributed by atoms with E-state index in [1.165, 1.54) is 19.2 Å². The number of anilines is 1. The maximum Gasteiger partial charge on any atom is 0.344 e. The molecule has 0 fully saturated rings. The number of esters is 1. The number of halogens is 2. The summed E-state index contributed by atoms with van der Waals surface area (Å²) in [7, 11) is -2.25. The minimum Gasteiger partial charge on any atom is -0.423 e. The molecule has 194 valence electrons. The number of aromatic nitrogens is 2. The van der Waals surface area contributed by atoms with Crippen molar-refractivity contribution in [2.45, 2.75) is 26.4 Å². The zero-order valence-electron chi connectivity index (χ0n) is 20.7. The number of ether oxygens (including phenoxy) is 2. The molecule has 0 atom stereocenters. The molecule has 0 bridgehead atoms. The van der Waals surface area contributed by atoms with Gasteiger partial charge in [0.1, 0.15) is 11.6 Å². The number of benzene rings is 2. The Morgan fingerprint density at radius 3 is 2.49 bits per heavy atom. The van der Waals surface area contributed by atoms with E-state index in [1.807, 2.05) is 13.8 Å². The lowest BCUT2D eigenvalue weighted by atomic mass is 9.99. The molecular weight excluding hydrogens is 521 g/mol. The van der Waals surface area contributed by atoms with Crippen molar-refractivity contribution in [3.05, 3.63) is 81.8 Å². The number of nitrogens with zero attached hydrogens (tertiary/aromatic N) is 3. The molecule has 4 rings (SSSR count). The van der Waals surface area contributed by atoms with Gasteiger partial charge in [-0.05, 0) is 54.5 Å². The summed E-state index contributed by atoms with van der Waals surface area (Å²) in [5.74, 6) is -0.617. The molecule has 0 radical (unpaired) electrons. The molecule has 0 N–H and O–H groups in total. The molecule has 0 unspecified atom stereocenters. The van der Waals surface area contributed by atoms with Crippen molar-refractivity contribution < 1.29 is 27.1 Å². The highest BCUT2D eigenvalue weighted by molar-refractivity contribution is 7.92. The Hall–Kier alpha value is -3.34. The minimum absolute atomic E-state index is 0.00254. The molecule has 1 aliphatic rings. The standard InChI is InChI=1S/C26H25ClFN3O5S/c1-15(2)23-21(14-35-12-11-22-20-13-17(27)7-10-19(20)25(32)36-22)24(16-5-8-18(28)9-6-16)30-26(29-23)31(3)37(4,33)34/h5-11,13,15H,12,14H2,1-4H3/b22-11-. The highest BCUT2D eigenvalue weighted by Gasteiger charge is 2.27.